The van der Waals surface area contributed by atoms with Gasteiger partial charge in [0.1, 0.15) is 5.75 Å². The van der Waals surface area contributed by atoms with Crippen LogP contribution in [-0.4, -0.2) is 17.9 Å². The van der Waals surface area contributed by atoms with Gasteiger partial charge in [0.15, 0.2) is 6.10 Å². The van der Waals surface area contributed by atoms with Crippen LogP contribution in [0.1, 0.15) is 35.8 Å². The normalized spacial score (nSPS) is 12.5. The van der Waals surface area contributed by atoms with Crippen LogP contribution in [0.2, 0.25) is 5.02 Å². The molecule has 0 fully saturated rings. The van der Waals surface area contributed by atoms with Crippen molar-refractivity contribution in [3.8, 4) is 5.75 Å². The molecule has 0 unspecified atom stereocenters. The van der Waals surface area contributed by atoms with Gasteiger partial charge < -0.3 is 15.4 Å². The molecule has 0 spiro atoms. The molecule has 154 valence electrons. The molecule has 0 saturated heterocycles. The predicted molar refractivity (Wildman–Crippen MR) is 119 cm³/mol. The van der Waals surface area contributed by atoms with Crippen LogP contribution >= 0.6 is 11.6 Å². The van der Waals surface area contributed by atoms with E-state index < -0.39 is 6.10 Å². The van der Waals surface area contributed by atoms with E-state index in [1.807, 2.05) is 37.3 Å². The zero-order valence-electron chi connectivity index (χ0n) is 16.8. The first-order valence-electron chi connectivity index (χ1n) is 9.62. The van der Waals surface area contributed by atoms with Gasteiger partial charge >= 0.3 is 0 Å². The number of ether oxygens (including phenoxy) is 1. The van der Waals surface area contributed by atoms with E-state index in [1.165, 1.54) is 0 Å². The van der Waals surface area contributed by atoms with Crippen molar-refractivity contribution in [2.45, 2.75) is 26.0 Å². The summed E-state index contributed by atoms with van der Waals surface area (Å²) in [5.74, 6) is -0.238. The van der Waals surface area contributed by atoms with Crippen molar-refractivity contribution in [3.05, 3.63) is 95.0 Å². The fourth-order valence-corrected chi connectivity index (χ4v) is 3.09. The summed E-state index contributed by atoms with van der Waals surface area (Å²) in [4.78, 5) is 25.5. The van der Waals surface area contributed by atoms with Crippen molar-refractivity contribution in [1.29, 1.82) is 0 Å². The van der Waals surface area contributed by atoms with Crippen molar-refractivity contribution in [3.63, 3.8) is 0 Å². The number of hydrogen-bond donors (Lipinski definition) is 2. The Balaban J connectivity index is 1.69. The van der Waals surface area contributed by atoms with Gasteiger partial charge in [0.05, 0.1) is 22.3 Å². The molecule has 3 aromatic rings. The number of nitrogens with one attached hydrogen (secondary N) is 2. The van der Waals surface area contributed by atoms with E-state index in [0.717, 1.165) is 5.56 Å². The number of rotatable bonds is 7. The number of hydrogen-bond acceptors (Lipinski definition) is 3. The number of benzene rings is 3. The third-order valence-electron chi connectivity index (χ3n) is 4.59. The van der Waals surface area contributed by atoms with Gasteiger partial charge in [-0.2, -0.15) is 0 Å². The largest absolute Gasteiger partial charge is 0.479 e. The Morgan fingerprint density at radius 3 is 2.23 bits per heavy atom. The maximum Gasteiger partial charge on any atom is 0.265 e. The first kappa shape index (κ1) is 21.4. The molecule has 2 N–H and O–H groups in total. The molecule has 3 rings (SSSR count). The summed E-state index contributed by atoms with van der Waals surface area (Å²) in [5.41, 5.74) is 1.78. The molecule has 30 heavy (non-hydrogen) atoms. The Labute approximate surface area is 181 Å². The molecule has 0 aliphatic carbocycles. The highest BCUT2D eigenvalue weighted by molar-refractivity contribution is 6.32. The predicted octanol–water partition coefficient (Wildman–Crippen LogP) is 5.24. The Hall–Kier alpha value is -3.31. The van der Waals surface area contributed by atoms with Gasteiger partial charge in [0, 0.05) is 0 Å². The van der Waals surface area contributed by atoms with E-state index in [0.29, 0.717) is 22.0 Å². The van der Waals surface area contributed by atoms with Crippen molar-refractivity contribution in [2.24, 2.45) is 0 Å². The highest BCUT2D eigenvalue weighted by atomic mass is 35.5. The Bertz CT molecular complexity index is 1020. The van der Waals surface area contributed by atoms with Gasteiger partial charge in [-0.25, -0.2) is 0 Å². The molecular formula is C24H23ClN2O3. The van der Waals surface area contributed by atoms with Gasteiger partial charge in [-0.1, -0.05) is 66.2 Å². The number of para-hydroxylation sites is 2. The summed E-state index contributed by atoms with van der Waals surface area (Å²) in [6.07, 6.45) is -0.802. The van der Waals surface area contributed by atoms with Crippen molar-refractivity contribution in [2.75, 3.05) is 5.32 Å². The van der Waals surface area contributed by atoms with Gasteiger partial charge in [0.25, 0.3) is 11.8 Å². The SMILES string of the molecule is C[C@H](NC(=O)c1ccccc1NC(=O)[C@@H](C)Oc1ccccc1Cl)c1ccccc1. The second-order valence-electron chi connectivity index (χ2n) is 6.83. The quantitative estimate of drug-likeness (QED) is 0.547. The maximum atomic E-state index is 12.8. The van der Waals surface area contributed by atoms with Crippen molar-refractivity contribution >= 4 is 29.1 Å². The first-order valence-corrected chi connectivity index (χ1v) is 10.0. The number of amides is 2. The molecule has 3 aromatic carbocycles. The molecule has 5 nitrogen and oxygen atoms in total. The van der Waals surface area contributed by atoms with Crippen LogP contribution in [0.4, 0.5) is 5.69 Å². The Kier molecular flexibility index (Phi) is 7.09. The number of halogens is 1. The number of carbonyl (C=O) groups excluding carboxylic acids is 2. The van der Waals surface area contributed by atoms with E-state index in [-0.39, 0.29) is 17.9 Å². The maximum absolute atomic E-state index is 12.8. The lowest BCUT2D eigenvalue weighted by molar-refractivity contribution is -0.122. The van der Waals surface area contributed by atoms with Gasteiger partial charge in [-0.05, 0) is 43.7 Å². The summed E-state index contributed by atoms with van der Waals surface area (Å²) < 4.78 is 5.66. The molecule has 0 aliphatic heterocycles. The minimum Gasteiger partial charge on any atom is -0.479 e. The van der Waals surface area contributed by atoms with Crippen LogP contribution < -0.4 is 15.4 Å². The van der Waals surface area contributed by atoms with E-state index in [2.05, 4.69) is 10.6 Å². The molecule has 2 atom stereocenters. The molecular weight excluding hydrogens is 400 g/mol. The molecule has 0 saturated carbocycles. The lowest BCUT2D eigenvalue weighted by atomic mass is 10.1. The molecule has 0 bridgehead atoms. The van der Waals surface area contributed by atoms with Gasteiger partial charge in [0.2, 0.25) is 0 Å². The minimum atomic E-state index is -0.802. The first-order chi connectivity index (χ1) is 14.5. The topological polar surface area (TPSA) is 67.4 Å². The molecule has 2 amide bonds. The zero-order valence-corrected chi connectivity index (χ0v) is 17.5. The van der Waals surface area contributed by atoms with Gasteiger partial charge in [-0.15, -0.1) is 0 Å². The lowest BCUT2D eigenvalue weighted by Crippen LogP contribution is -2.32. The van der Waals surface area contributed by atoms with Crippen LogP contribution in [0, 0.1) is 0 Å². The van der Waals surface area contributed by atoms with Crippen LogP contribution in [0.3, 0.4) is 0 Å². The Morgan fingerprint density at radius 2 is 1.50 bits per heavy atom. The second-order valence-corrected chi connectivity index (χ2v) is 7.24. The second kappa shape index (κ2) is 9.94. The molecule has 6 heteroatoms. The lowest BCUT2D eigenvalue weighted by Gasteiger charge is -2.18. The zero-order chi connectivity index (χ0) is 21.5. The fraction of sp³-hybridized carbons (Fsp3) is 0.167. The summed E-state index contributed by atoms with van der Waals surface area (Å²) in [6.45, 7) is 3.53. The van der Waals surface area contributed by atoms with Crippen molar-refractivity contribution in [1.82, 2.24) is 5.32 Å². The third kappa shape index (κ3) is 5.39. The highest BCUT2D eigenvalue weighted by Crippen LogP contribution is 2.25. The van der Waals surface area contributed by atoms with Crippen LogP contribution in [0.5, 0.6) is 5.75 Å². The fourth-order valence-electron chi connectivity index (χ4n) is 2.91. The number of anilines is 1. The molecule has 0 aliphatic rings. The van der Waals surface area contributed by atoms with Crippen molar-refractivity contribution < 1.29 is 14.3 Å². The molecule has 0 heterocycles. The standard InChI is InChI=1S/C24H23ClN2O3/c1-16(18-10-4-3-5-11-18)26-24(29)19-12-6-8-14-21(19)27-23(28)17(2)30-22-15-9-7-13-20(22)25/h3-17H,1-2H3,(H,26,29)(H,27,28)/t16-,17+/m0/s1. The van der Waals surface area contributed by atoms with Crippen LogP contribution in [0.25, 0.3) is 0 Å². The minimum absolute atomic E-state index is 0.176. The van der Waals surface area contributed by atoms with Gasteiger partial charge in [-0.3, -0.25) is 9.59 Å². The summed E-state index contributed by atoms with van der Waals surface area (Å²) in [5, 5.41) is 6.16. The van der Waals surface area contributed by atoms with E-state index >= 15 is 0 Å². The monoisotopic (exact) mass is 422 g/mol. The Morgan fingerprint density at radius 1 is 0.867 bits per heavy atom. The molecule has 0 aromatic heterocycles. The van der Waals surface area contributed by atoms with Crippen LogP contribution in [-0.2, 0) is 4.79 Å². The average Bonchev–Trinajstić information content (AvgIpc) is 2.76. The average molecular weight is 423 g/mol. The summed E-state index contributed by atoms with van der Waals surface area (Å²) in [6, 6.07) is 23.3. The van der Waals surface area contributed by atoms with E-state index in [1.54, 1.807) is 55.5 Å². The smallest absolute Gasteiger partial charge is 0.265 e. The molecule has 0 radical (unpaired) electrons. The summed E-state index contributed by atoms with van der Waals surface area (Å²) in [7, 11) is 0. The summed E-state index contributed by atoms with van der Waals surface area (Å²) >= 11 is 6.09. The highest BCUT2D eigenvalue weighted by Gasteiger charge is 2.20. The third-order valence-corrected chi connectivity index (χ3v) is 4.90. The number of carbonyl (C=O) groups is 2. The van der Waals surface area contributed by atoms with E-state index in [9.17, 15) is 9.59 Å². The van der Waals surface area contributed by atoms with E-state index in [4.69, 9.17) is 16.3 Å². The van der Waals surface area contributed by atoms with Crippen LogP contribution in [0.15, 0.2) is 78.9 Å².